The van der Waals surface area contributed by atoms with Gasteiger partial charge >= 0.3 is 0 Å². The van der Waals surface area contributed by atoms with Crippen molar-refractivity contribution in [3.05, 3.63) is 35.4 Å². The van der Waals surface area contributed by atoms with Gasteiger partial charge in [0.05, 0.1) is 0 Å². The minimum absolute atomic E-state index is 0. The quantitative estimate of drug-likeness (QED) is 0.832. The van der Waals surface area contributed by atoms with Crippen LogP contribution in [0.3, 0.4) is 0 Å². The number of carbonyl (C=O) groups excluding carboxylic acids is 1. The number of halogens is 1. The SMILES string of the molecule is Cc1cccc(C(C)(C)CNC(=O)CCC2CCNCC2)c1.Cl. The molecular weight excluding hydrogens is 308 g/mol. The van der Waals surface area contributed by atoms with Gasteiger partial charge in [0.2, 0.25) is 5.91 Å². The Labute approximate surface area is 147 Å². The molecule has 1 fully saturated rings. The largest absolute Gasteiger partial charge is 0.355 e. The van der Waals surface area contributed by atoms with Crippen LogP contribution in [0.4, 0.5) is 0 Å². The minimum atomic E-state index is -0.0313. The van der Waals surface area contributed by atoms with Gasteiger partial charge in [0, 0.05) is 18.4 Å². The molecule has 1 amide bonds. The number of rotatable bonds is 6. The van der Waals surface area contributed by atoms with E-state index < -0.39 is 0 Å². The number of carbonyl (C=O) groups is 1. The molecule has 1 aromatic carbocycles. The van der Waals surface area contributed by atoms with Crippen LogP contribution in [0.25, 0.3) is 0 Å². The Morgan fingerprint density at radius 2 is 2.00 bits per heavy atom. The van der Waals surface area contributed by atoms with Gasteiger partial charge in [-0.3, -0.25) is 4.79 Å². The summed E-state index contributed by atoms with van der Waals surface area (Å²) in [6, 6.07) is 8.55. The van der Waals surface area contributed by atoms with Crippen LogP contribution in [0.15, 0.2) is 24.3 Å². The molecule has 23 heavy (non-hydrogen) atoms. The van der Waals surface area contributed by atoms with E-state index in [1.165, 1.54) is 24.0 Å². The Bertz CT molecular complexity index is 496. The number of piperidine rings is 1. The second-order valence-electron chi connectivity index (χ2n) is 7.26. The summed E-state index contributed by atoms with van der Waals surface area (Å²) in [5, 5.41) is 6.50. The van der Waals surface area contributed by atoms with Gasteiger partial charge in [-0.25, -0.2) is 0 Å². The van der Waals surface area contributed by atoms with Crippen LogP contribution in [-0.4, -0.2) is 25.5 Å². The first-order valence-corrected chi connectivity index (χ1v) is 8.52. The molecule has 0 bridgehead atoms. The van der Waals surface area contributed by atoms with Gasteiger partial charge in [-0.1, -0.05) is 43.7 Å². The molecule has 3 nitrogen and oxygen atoms in total. The summed E-state index contributed by atoms with van der Waals surface area (Å²) < 4.78 is 0. The zero-order valence-corrected chi connectivity index (χ0v) is 15.5. The molecule has 2 rings (SSSR count). The molecule has 0 saturated carbocycles. The normalized spacial score (nSPS) is 15.8. The van der Waals surface area contributed by atoms with E-state index in [-0.39, 0.29) is 23.7 Å². The van der Waals surface area contributed by atoms with E-state index in [0.29, 0.717) is 13.0 Å². The second kappa shape index (κ2) is 9.29. The third kappa shape index (κ3) is 6.52. The molecule has 0 spiro atoms. The highest BCUT2D eigenvalue weighted by Gasteiger charge is 2.22. The van der Waals surface area contributed by atoms with Crippen LogP contribution in [-0.2, 0) is 10.2 Å². The lowest BCUT2D eigenvalue weighted by Gasteiger charge is -2.26. The van der Waals surface area contributed by atoms with Crippen LogP contribution in [0.2, 0.25) is 0 Å². The van der Waals surface area contributed by atoms with E-state index in [9.17, 15) is 4.79 Å². The minimum Gasteiger partial charge on any atom is -0.355 e. The molecule has 4 heteroatoms. The Kier molecular flexibility index (Phi) is 8.07. The van der Waals surface area contributed by atoms with E-state index in [0.717, 1.165) is 25.4 Å². The standard InChI is InChI=1S/C19H30N2O.ClH/c1-15-5-4-6-17(13-15)19(2,3)14-21-18(22)8-7-16-9-11-20-12-10-16;/h4-6,13,16,20H,7-12,14H2,1-3H3,(H,21,22);1H. The van der Waals surface area contributed by atoms with Crippen molar-refractivity contribution in [1.29, 1.82) is 0 Å². The van der Waals surface area contributed by atoms with Crippen molar-refractivity contribution in [1.82, 2.24) is 10.6 Å². The van der Waals surface area contributed by atoms with E-state index in [1.54, 1.807) is 0 Å². The topological polar surface area (TPSA) is 41.1 Å². The number of amides is 1. The number of aryl methyl sites for hydroxylation is 1. The average Bonchev–Trinajstić information content (AvgIpc) is 2.52. The summed E-state index contributed by atoms with van der Waals surface area (Å²) in [6.45, 7) is 9.39. The van der Waals surface area contributed by atoms with Crippen molar-refractivity contribution in [3.63, 3.8) is 0 Å². The van der Waals surface area contributed by atoms with Gasteiger partial charge in [0.15, 0.2) is 0 Å². The van der Waals surface area contributed by atoms with Crippen LogP contribution < -0.4 is 10.6 Å². The molecule has 0 radical (unpaired) electrons. The fourth-order valence-corrected chi connectivity index (χ4v) is 3.08. The summed E-state index contributed by atoms with van der Waals surface area (Å²) in [6.07, 6.45) is 4.11. The van der Waals surface area contributed by atoms with Crippen molar-refractivity contribution in [3.8, 4) is 0 Å². The molecule has 0 aromatic heterocycles. The highest BCUT2D eigenvalue weighted by Crippen LogP contribution is 2.23. The number of hydrogen-bond acceptors (Lipinski definition) is 2. The van der Waals surface area contributed by atoms with Gasteiger partial charge in [-0.05, 0) is 50.8 Å². The highest BCUT2D eigenvalue weighted by atomic mass is 35.5. The van der Waals surface area contributed by atoms with Crippen molar-refractivity contribution in [2.75, 3.05) is 19.6 Å². The van der Waals surface area contributed by atoms with Crippen LogP contribution in [0, 0.1) is 12.8 Å². The van der Waals surface area contributed by atoms with Gasteiger partial charge in [-0.2, -0.15) is 0 Å². The average molecular weight is 339 g/mol. The monoisotopic (exact) mass is 338 g/mol. The van der Waals surface area contributed by atoms with Crippen LogP contribution in [0.5, 0.6) is 0 Å². The van der Waals surface area contributed by atoms with Gasteiger partial charge in [0.25, 0.3) is 0 Å². The molecular formula is C19H31ClN2O. The van der Waals surface area contributed by atoms with E-state index in [4.69, 9.17) is 0 Å². The van der Waals surface area contributed by atoms with Crippen molar-refractivity contribution in [2.45, 2.75) is 51.9 Å². The lowest BCUT2D eigenvalue weighted by molar-refractivity contribution is -0.121. The first-order valence-electron chi connectivity index (χ1n) is 8.52. The lowest BCUT2D eigenvalue weighted by atomic mass is 9.84. The Balaban J connectivity index is 0.00000264. The fourth-order valence-electron chi connectivity index (χ4n) is 3.08. The van der Waals surface area contributed by atoms with Crippen molar-refractivity contribution in [2.24, 2.45) is 5.92 Å². The molecule has 2 N–H and O–H groups in total. The molecule has 1 aliphatic heterocycles. The molecule has 130 valence electrons. The molecule has 1 aliphatic rings. The Morgan fingerprint density at radius 1 is 1.30 bits per heavy atom. The first-order chi connectivity index (χ1) is 10.5. The number of benzene rings is 1. The zero-order valence-electron chi connectivity index (χ0n) is 14.7. The maximum absolute atomic E-state index is 12.1. The summed E-state index contributed by atoms with van der Waals surface area (Å²) in [5.74, 6) is 0.913. The maximum atomic E-state index is 12.1. The summed E-state index contributed by atoms with van der Waals surface area (Å²) in [4.78, 5) is 12.1. The van der Waals surface area contributed by atoms with Crippen molar-refractivity contribution < 1.29 is 4.79 Å². The smallest absolute Gasteiger partial charge is 0.220 e. The summed E-state index contributed by atoms with van der Waals surface area (Å²) in [5.41, 5.74) is 2.52. The Hall–Kier alpha value is -1.06. The van der Waals surface area contributed by atoms with Crippen LogP contribution in [0.1, 0.15) is 50.7 Å². The van der Waals surface area contributed by atoms with Gasteiger partial charge in [0.1, 0.15) is 0 Å². The number of nitrogens with one attached hydrogen (secondary N) is 2. The molecule has 0 atom stereocenters. The van der Waals surface area contributed by atoms with E-state index >= 15 is 0 Å². The summed E-state index contributed by atoms with van der Waals surface area (Å²) >= 11 is 0. The molecule has 0 aliphatic carbocycles. The first kappa shape index (κ1) is 20.0. The number of hydrogen-bond donors (Lipinski definition) is 2. The maximum Gasteiger partial charge on any atom is 0.220 e. The van der Waals surface area contributed by atoms with Crippen LogP contribution >= 0.6 is 12.4 Å². The molecule has 0 unspecified atom stereocenters. The molecule has 1 heterocycles. The Morgan fingerprint density at radius 3 is 2.65 bits per heavy atom. The lowest BCUT2D eigenvalue weighted by Crippen LogP contribution is -2.37. The molecule has 1 saturated heterocycles. The fraction of sp³-hybridized carbons (Fsp3) is 0.632. The third-order valence-electron chi connectivity index (χ3n) is 4.77. The van der Waals surface area contributed by atoms with Gasteiger partial charge in [-0.15, -0.1) is 12.4 Å². The second-order valence-corrected chi connectivity index (χ2v) is 7.26. The predicted molar refractivity (Wildman–Crippen MR) is 99.3 cm³/mol. The highest BCUT2D eigenvalue weighted by molar-refractivity contribution is 5.85. The van der Waals surface area contributed by atoms with E-state index in [2.05, 4.69) is 55.7 Å². The van der Waals surface area contributed by atoms with Gasteiger partial charge < -0.3 is 10.6 Å². The predicted octanol–water partition coefficient (Wildman–Crippen LogP) is 3.59. The summed E-state index contributed by atoms with van der Waals surface area (Å²) in [7, 11) is 0. The molecule has 1 aromatic rings. The zero-order chi connectivity index (χ0) is 16.0. The van der Waals surface area contributed by atoms with Crippen molar-refractivity contribution >= 4 is 18.3 Å². The van der Waals surface area contributed by atoms with E-state index in [1.807, 2.05) is 0 Å². The third-order valence-corrected chi connectivity index (χ3v) is 4.77.